The normalized spacial score (nSPS) is 10.7. The fourth-order valence-electron chi connectivity index (χ4n) is 1.95. The van der Waals surface area contributed by atoms with E-state index in [2.05, 4.69) is 10.6 Å². The number of para-hydroxylation sites is 1. The summed E-state index contributed by atoms with van der Waals surface area (Å²) in [6, 6.07) is 11.2. The number of carbonyl (C=O) groups excluding carboxylic acids is 2. The van der Waals surface area contributed by atoms with Crippen molar-refractivity contribution >= 4 is 46.2 Å². The van der Waals surface area contributed by atoms with Crippen LogP contribution in [0.1, 0.15) is 18.2 Å². The first-order valence-electron chi connectivity index (χ1n) is 7.17. The molecule has 0 unspecified atom stereocenters. The molecule has 120 valence electrons. The van der Waals surface area contributed by atoms with Gasteiger partial charge in [0.1, 0.15) is 5.76 Å². The largest absolute Gasteiger partial charge is 0.451 e. The molecule has 0 aliphatic heterocycles. The number of nitrogens with one attached hydrogen (secondary N) is 2. The standard InChI is InChI=1S/C17H17IN2O3/c1-2-12-5-3-4-6-14(12)20-17(22)11-19-16(21)10-8-13-7-9-15(18)23-13/h3-10H,2,11H2,1H3,(H,19,21)(H,20,22)/b10-8+. The Morgan fingerprint density at radius 2 is 2.00 bits per heavy atom. The number of aryl methyl sites for hydroxylation is 1. The minimum Gasteiger partial charge on any atom is -0.451 e. The molecule has 2 rings (SSSR count). The third kappa shape index (κ3) is 5.55. The molecule has 0 bridgehead atoms. The predicted octanol–water partition coefficient (Wildman–Crippen LogP) is 3.21. The van der Waals surface area contributed by atoms with E-state index in [9.17, 15) is 9.59 Å². The molecule has 6 heteroatoms. The Bertz CT molecular complexity index is 722. The first-order chi connectivity index (χ1) is 11.1. The van der Waals surface area contributed by atoms with Crippen molar-refractivity contribution in [2.75, 3.05) is 11.9 Å². The number of benzene rings is 1. The highest BCUT2D eigenvalue weighted by molar-refractivity contribution is 14.1. The fourth-order valence-corrected chi connectivity index (χ4v) is 2.38. The van der Waals surface area contributed by atoms with E-state index in [0.717, 1.165) is 21.4 Å². The number of carbonyl (C=O) groups is 2. The van der Waals surface area contributed by atoms with E-state index < -0.39 is 0 Å². The van der Waals surface area contributed by atoms with Gasteiger partial charge in [-0.15, -0.1) is 0 Å². The first-order valence-corrected chi connectivity index (χ1v) is 8.25. The molecule has 0 aliphatic rings. The van der Waals surface area contributed by atoms with E-state index in [4.69, 9.17) is 4.42 Å². The first kappa shape index (κ1) is 17.3. The van der Waals surface area contributed by atoms with Gasteiger partial charge >= 0.3 is 0 Å². The Kier molecular flexibility index (Phi) is 6.40. The number of amides is 2. The molecule has 0 saturated heterocycles. The summed E-state index contributed by atoms with van der Waals surface area (Å²) >= 11 is 2.05. The molecule has 1 heterocycles. The zero-order valence-electron chi connectivity index (χ0n) is 12.6. The second-order valence-electron chi connectivity index (χ2n) is 4.75. The molecule has 1 aromatic heterocycles. The quantitative estimate of drug-likeness (QED) is 0.553. The lowest BCUT2D eigenvalue weighted by Gasteiger charge is -2.09. The maximum Gasteiger partial charge on any atom is 0.244 e. The molecule has 0 atom stereocenters. The predicted molar refractivity (Wildman–Crippen MR) is 97.9 cm³/mol. The van der Waals surface area contributed by atoms with E-state index in [1.165, 1.54) is 6.08 Å². The topological polar surface area (TPSA) is 71.3 Å². The molecule has 1 aromatic carbocycles. The maximum atomic E-state index is 11.9. The Morgan fingerprint density at radius 3 is 2.70 bits per heavy atom. The van der Waals surface area contributed by atoms with Crippen molar-refractivity contribution < 1.29 is 14.0 Å². The summed E-state index contributed by atoms with van der Waals surface area (Å²) in [4.78, 5) is 23.6. The summed E-state index contributed by atoms with van der Waals surface area (Å²) < 4.78 is 6.05. The molecular formula is C17H17IN2O3. The molecule has 23 heavy (non-hydrogen) atoms. The second-order valence-corrected chi connectivity index (χ2v) is 5.82. The number of furan rings is 1. The maximum absolute atomic E-state index is 11.9. The molecule has 0 radical (unpaired) electrons. The van der Waals surface area contributed by atoms with Crippen LogP contribution >= 0.6 is 22.6 Å². The van der Waals surface area contributed by atoms with Gasteiger partial charge in [-0.2, -0.15) is 0 Å². The molecule has 0 saturated carbocycles. The number of hydrogen-bond acceptors (Lipinski definition) is 3. The van der Waals surface area contributed by atoms with Crippen LogP contribution in [0.5, 0.6) is 0 Å². The Balaban J connectivity index is 1.82. The van der Waals surface area contributed by atoms with Gasteiger partial charge in [0.2, 0.25) is 11.8 Å². The summed E-state index contributed by atoms with van der Waals surface area (Å²) in [7, 11) is 0. The fraction of sp³-hybridized carbons (Fsp3) is 0.176. The van der Waals surface area contributed by atoms with Gasteiger partial charge in [-0.25, -0.2) is 0 Å². The van der Waals surface area contributed by atoms with Crippen molar-refractivity contribution in [3.8, 4) is 0 Å². The summed E-state index contributed by atoms with van der Waals surface area (Å²) in [5, 5.41) is 5.33. The molecule has 5 nitrogen and oxygen atoms in total. The van der Waals surface area contributed by atoms with Crippen molar-refractivity contribution in [3.63, 3.8) is 0 Å². The van der Waals surface area contributed by atoms with Crippen molar-refractivity contribution in [1.29, 1.82) is 0 Å². The number of rotatable bonds is 6. The molecule has 0 fully saturated rings. The van der Waals surface area contributed by atoms with E-state index in [1.807, 2.05) is 53.8 Å². The highest BCUT2D eigenvalue weighted by Crippen LogP contribution is 2.15. The van der Waals surface area contributed by atoms with Gasteiger partial charge in [0.15, 0.2) is 3.77 Å². The van der Waals surface area contributed by atoms with Gasteiger partial charge in [0.25, 0.3) is 0 Å². The van der Waals surface area contributed by atoms with Crippen LogP contribution in [0.15, 0.2) is 46.9 Å². The third-order valence-corrected chi connectivity index (χ3v) is 3.67. The van der Waals surface area contributed by atoms with E-state index in [1.54, 1.807) is 18.2 Å². The van der Waals surface area contributed by atoms with Crippen LogP contribution in [-0.2, 0) is 16.0 Å². The van der Waals surface area contributed by atoms with Crippen LogP contribution in [0.2, 0.25) is 0 Å². The minimum atomic E-state index is -0.352. The minimum absolute atomic E-state index is 0.0864. The van der Waals surface area contributed by atoms with E-state index in [-0.39, 0.29) is 18.4 Å². The molecule has 2 N–H and O–H groups in total. The number of halogens is 1. The summed E-state index contributed by atoms with van der Waals surface area (Å²) in [5.74, 6) is -0.0265. The van der Waals surface area contributed by atoms with E-state index >= 15 is 0 Å². The SMILES string of the molecule is CCc1ccccc1NC(=O)CNC(=O)/C=C/c1ccc(I)o1. The van der Waals surface area contributed by atoms with Crippen LogP contribution in [0.4, 0.5) is 5.69 Å². The van der Waals surface area contributed by atoms with Crippen LogP contribution in [-0.4, -0.2) is 18.4 Å². The van der Waals surface area contributed by atoms with E-state index in [0.29, 0.717) is 5.76 Å². The summed E-state index contributed by atoms with van der Waals surface area (Å²) in [5.41, 5.74) is 1.83. The zero-order valence-corrected chi connectivity index (χ0v) is 14.8. The lowest BCUT2D eigenvalue weighted by atomic mass is 10.1. The summed E-state index contributed by atoms with van der Waals surface area (Å²) in [6.45, 7) is 1.93. The molecule has 0 spiro atoms. The third-order valence-electron chi connectivity index (χ3n) is 3.09. The van der Waals surface area contributed by atoms with Gasteiger partial charge in [0.05, 0.1) is 6.54 Å². The second kappa shape index (κ2) is 8.52. The van der Waals surface area contributed by atoms with Crippen molar-refractivity contribution in [2.24, 2.45) is 0 Å². The van der Waals surface area contributed by atoms with Crippen molar-refractivity contribution in [3.05, 3.63) is 57.6 Å². The van der Waals surface area contributed by atoms with Crippen LogP contribution in [0.3, 0.4) is 0 Å². The Hall–Kier alpha value is -2.09. The van der Waals surface area contributed by atoms with Gasteiger partial charge in [-0.1, -0.05) is 25.1 Å². The average Bonchev–Trinajstić information content (AvgIpc) is 2.97. The number of anilines is 1. The van der Waals surface area contributed by atoms with Gasteiger partial charge in [-0.3, -0.25) is 9.59 Å². The van der Waals surface area contributed by atoms with Gasteiger partial charge < -0.3 is 15.1 Å². The summed E-state index contributed by atoms with van der Waals surface area (Å²) in [6.07, 6.45) is 3.72. The van der Waals surface area contributed by atoms with Crippen LogP contribution in [0, 0.1) is 3.77 Å². The molecule has 2 amide bonds. The highest BCUT2D eigenvalue weighted by atomic mass is 127. The number of hydrogen-bond donors (Lipinski definition) is 2. The molecule has 2 aromatic rings. The highest BCUT2D eigenvalue weighted by Gasteiger charge is 2.06. The smallest absolute Gasteiger partial charge is 0.244 e. The van der Waals surface area contributed by atoms with Crippen LogP contribution < -0.4 is 10.6 Å². The average molecular weight is 424 g/mol. The molecule has 0 aliphatic carbocycles. The van der Waals surface area contributed by atoms with Gasteiger partial charge in [0, 0.05) is 11.8 Å². The lowest BCUT2D eigenvalue weighted by Crippen LogP contribution is -2.31. The zero-order chi connectivity index (χ0) is 16.7. The lowest BCUT2D eigenvalue weighted by molar-refractivity contribution is -0.121. The molecular weight excluding hydrogens is 407 g/mol. The Morgan fingerprint density at radius 1 is 1.22 bits per heavy atom. The van der Waals surface area contributed by atoms with Crippen LogP contribution in [0.25, 0.3) is 6.08 Å². The Labute approximate surface area is 148 Å². The van der Waals surface area contributed by atoms with Crippen molar-refractivity contribution in [1.82, 2.24) is 5.32 Å². The monoisotopic (exact) mass is 424 g/mol. The van der Waals surface area contributed by atoms with Gasteiger partial charge in [-0.05, 0) is 58.9 Å². The van der Waals surface area contributed by atoms with Crippen molar-refractivity contribution in [2.45, 2.75) is 13.3 Å².